The van der Waals surface area contributed by atoms with E-state index in [9.17, 15) is 9.59 Å². The Balaban J connectivity index is 2.32. The summed E-state index contributed by atoms with van der Waals surface area (Å²) in [4.78, 5) is 21.8. The highest BCUT2D eigenvalue weighted by Gasteiger charge is 2.64. The number of carbonyl (C=O) groups is 2. The SMILES string of the molecule is C[C@@H]1C(=O)N[C@H]2C(=O)O[C@@]12C. The van der Waals surface area contributed by atoms with Gasteiger partial charge in [0.25, 0.3) is 0 Å². The molecule has 2 fully saturated rings. The normalized spacial score (nSPS) is 47.5. The molecule has 0 aromatic heterocycles. The van der Waals surface area contributed by atoms with E-state index >= 15 is 0 Å². The second-order valence-corrected chi connectivity index (χ2v) is 3.27. The fourth-order valence-electron chi connectivity index (χ4n) is 1.58. The Morgan fingerprint density at radius 2 is 2.18 bits per heavy atom. The van der Waals surface area contributed by atoms with E-state index in [0.29, 0.717) is 0 Å². The molecule has 3 atom stereocenters. The van der Waals surface area contributed by atoms with Gasteiger partial charge in [-0.2, -0.15) is 0 Å². The number of fused-ring (bicyclic) bond motifs is 1. The number of esters is 1. The van der Waals surface area contributed by atoms with E-state index in [1.54, 1.807) is 13.8 Å². The zero-order chi connectivity index (χ0) is 8.22. The van der Waals surface area contributed by atoms with Crippen LogP contribution in [0, 0.1) is 5.92 Å². The van der Waals surface area contributed by atoms with Gasteiger partial charge in [0.2, 0.25) is 5.91 Å². The molecule has 1 amide bonds. The molecule has 2 aliphatic rings. The predicted molar refractivity (Wildman–Crippen MR) is 35.6 cm³/mol. The van der Waals surface area contributed by atoms with Crippen molar-refractivity contribution in [2.24, 2.45) is 5.92 Å². The van der Waals surface area contributed by atoms with Crippen LogP contribution in [0.5, 0.6) is 0 Å². The molecule has 1 N–H and O–H groups in total. The van der Waals surface area contributed by atoms with Gasteiger partial charge in [0.15, 0.2) is 11.6 Å². The molecule has 4 heteroatoms. The Morgan fingerprint density at radius 3 is 2.55 bits per heavy atom. The van der Waals surface area contributed by atoms with Crippen LogP contribution < -0.4 is 5.32 Å². The molecule has 0 aromatic carbocycles. The third-order valence-electron chi connectivity index (χ3n) is 2.67. The summed E-state index contributed by atoms with van der Waals surface area (Å²) in [6.45, 7) is 3.55. The fraction of sp³-hybridized carbons (Fsp3) is 0.714. The van der Waals surface area contributed by atoms with Crippen molar-refractivity contribution >= 4 is 11.9 Å². The zero-order valence-electron chi connectivity index (χ0n) is 6.38. The Kier molecular flexibility index (Phi) is 0.948. The molecule has 0 aromatic rings. The third-order valence-corrected chi connectivity index (χ3v) is 2.67. The minimum absolute atomic E-state index is 0.0941. The number of rotatable bonds is 0. The molecule has 0 aliphatic carbocycles. The van der Waals surface area contributed by atoms with Gasteiger partial charge in [0.1, 0.15) is 0 Å². The lowest BCUT2D eigenvalue weighted by molar-refractivity contribution is -0.197. The van der Waals surface area contributed by atoms with Crippen molar-refractivity contribution in [2.45, 2.75) is 25.5 Å². The summed E-state index contributed by atoms with van der Waals surface area (Å²) in [7, 11) is 0. The average Bonchev–Trinajstić information content (AvgIpc) is 2.12. The molecular weight excluding hydrogens is 146 g/mol. The second-order valence-electron chi connectivity index (χ2n) is 3.27. The average molecular weight is 155 g/mol. The van der Waals surface area contributed by atoms with Crippen LogP contribution in [0.2, 0.25) is 0 Å². The largest absolute Gasteiger partial charge is 0.454 e. The van der Waals surface area contributed by atoms with Gasteiger partial charge in [-0.05, 0) is 13.8 Å². The fourth-order valence-corrected chi connectivity index (χ4v) is 1.58. The maximum absolute atomic E-state index is 11.0. The Hall–Kier alpha value is -1.06. The predicted octanol–water partition coefficient (Wildman–Crippen LogP) is -0.564. The summed E-state index contributed by atoms with van der Waals surface area (Å²) in [5.41, 5.74) is -0.575. The highest BCUT2D eigenvalue weighted by atomic mass is 16.6. The molecule has 0 spiro atoms. The van der Waals surface area contributed by atoms with Crippen LogP contribution in [0.3, 0.4) is 0 Å². The topological polar surface area (TPSA) is 55.4 Å². The number of carbonyl (C=O) groups excluding carboxylic acids is 2. The summed E-state index contributed by atoms with van der Waals surface area (Å²) in [5.74, 6) is -0.626. The highest BCUT2D eigenvalue weighted by Crippen LogP contribution is 2.39. The molecule has 0 saturated carbocycles. The van der Waals surface area contributed by atoms with Crippen LogP contribution in [0.1, 0.15) is 13.8 Å². The molecule has 11 heavy (non-hydrogen) atoms. The highest BCUT2D eigenvalue weighted by molar-refractivity contribution is 5.97. The van der Waals surface area contributed by atoms with Crippen LogP contribution in [-0.2, 0) is 14.3 Å². The molecule has 60 valence electrons. The van der Waals surface area contributed by atoms with Crippen LogP contribution in [0.25, 0.3) is 0 Å². The first-order chi connectivity index (χ1) is 5.05. The Morgan fingerprint density at radius 1 is 1.55 bits per heavy atom. The number of hydrogen-bond donors (Lipinski definition) is 1. The van der Waals surface area contributed by atoms with E-state index in [-0.39, 0.29) is 17.8 Å². The van der Waals surface area contributed by atoms with Crippen molar-refractivity contribution in [3.8, 4) is 0 Å². The number of ether oxygens (including phenoxy) is 1. The molecule has 0 unspecified atom stereocenters. The van der Waals surface area contributed by atoms with Crippen LogP contribution >= 0.6 is 0 Å². The second kappa shape index (κ2) is 1.57. The summed E-state index contributed by atoms with van der Waals surface area (Å²) >= 11 is 0. The lowest BCUT2D eigenvalue weighted by Gasteiger charge is -2.40. The van der Waals surface area contributed by atoms with Gasteiger partial charge in [-0.25, -0.2) is 4.79 Å². The number of nitrogens with one attached hydrogen (secondary N) is 1. The standard InChI is InChI=1S/C7H9NO3/c1-3-5(9)8-4-6(10)11-7(3,4)2/h3-4H,1-2H3,(H,8,9)/t3-,4+,7+/m1/s1. The first kappa shape index (κ1) is 6.64. The van der Waals surface area contributed by atoms with Crippen LogP contribution in [0.4, 0.5) is 0 Å². The zero-order valence-corrected chi connectivity index (χ0v) is 6.38. The van der Waals surface area contributed by atoms with Crippen LogP contribution in [-0.4, -0.2) is 23.5 Å². The van der Waals surface area contributed by atoms with Crippen molar-refractivity contribution in [1.29, 1.82) is 0 Å². The number of hydrogen-bond acceptors (Lipinski definition) is 3. The van der Waals surface area contributed by atoms with Gasteiger partial charge < -0.3 is 10.1 Å². The first-order valence-corrected chi connectivity index (χ1v) is 3.59. The lowest BCUT2D eigenvalue weighted by Crippen LogP contribution is -2.62. The summed E-state index contributed by atoms with van der Waals surface area (Å²) in [6.07, 6.45) is 0. The summed E-state index contributed by atoms with van der Waals surface area (Å²) in [5, 5.41) is 2.58. The maximum atomic E-state index is 11.0. The van der Waals surface area contributed by atoms with Gasteiger partial charge in [-0.3, -0.25) is 4.79 Å². The van der Waals surface area contributed by atoms with Gasteiger partial charge in [-0.1, -0.05) is 0 Å². The van der Waals surface area contributed by atoms with E-state index < -0.39 is 11.6 Å². The van der Waals surface area contributed by atoms with Crippen molar-refractivity contribution < 1.29 is 14.3 Å². The number of amides is 1. The van der Waals surface area contributed by atoms with Crippen molar-refractivity contribution in [2.75, 3.05) is 0 Å². The van der Waals surface area contributed by atoms with E-state index in [4.69, 9.17) is 4.74 Å². The van der Waals surface area contributed by atoms with Gasteiger partial charge >= 0.3 is 5.97 Å². The van der Waals surface area contributed by atoms with Gasteiger partial charge in [0, 0.05) is 0 Å². The molecule has 2 aliphatic heterocycles. The quantitative estimate of drug-likeness (QED) is 0.477. The Bertz CT molecular complexity index is 250. The molecule has 0 bridgehead atoms. The smallest absolute Gasteiger partial charge is 0.333 e. The van der Waals surface area contributed by atoms with Crippen LogP contribution in [0.15, 0.2) is 0 Å². The van der Waals surface area contributed by atoms with E-state index in [2.05, 4.69) is 5.32 Å². The van der Waals surface area contributed by atoms with Gasteiger partial charge in [-0.15, -0.1) is 0 Å². The van der Waals surface area contributed by atoms with Crippen molar-refractivity contribution in [3.05, 3.63) is 0 Å². The lowest BCUT2D eigenvalue weighted by atomic mass is 9.84. The Labute approximate surface area is 63.9 Å². The molecule has 2 rings (SSSR count). The van der Waals surface area contributed by atoms with E-state index in [1.165, 1.54) is 0 Å². The molecule has 2 saturated heterocycles. The van der Waals surface area contributed by atoms with E-state index in [0.717, 1.165) is 0 Å². The first-order valence-electron chi connectivity index (χ1n) is 3.59. The summed E-state index contributed by atoms with van der Waals surface area (Å²) < 4.78 is 4.91. The van der Waals surface area contributed by atoms with Crippen molar-refractivity contribution in [3.63, 3.8) is 0 Å². The molecule has 4 nitrogen and oxygen atoms in total. The molecular formula is C7H9NO3. The minimum Gasteiger partial charge on any atom is -0.454 e. The third kappa shape index (κ3) is 0.552. The summed E-state index contributed by atoms with van der Waals surface area (Å²) in [6, 6.07) is -0.398. The minimum atomic E-state index is -0.575. The van der Waals surface area contributed by atoms with Crippen molar-refractivity contribution in [1.82, 2.24) is 5.32 Å². The molecule has 0 radical (unpaired) electrons. The maximum Gasteiger partial charge on any atom is 0.333 e. The van der Waals surface area contributed by atoms with Gasteiger partial charge in [0.05, 0.1) is 5.92 Å². The van der Waals surface area contributed by atoms with E-state index in [1.807, 2.05) is 0 Å². The monoisotopic (exact) mass is 155 g/mol. The molecule has 2 heterocycles.